The van der Waals surface area contributed by atoms with Crippen molar-refractivity contribution in [1.29, 1.82) is 0 Å². The predicted octanol–water partition coefficient (Wildman–Crippen LogP) is 2.47. The number of hydrogen-bond acceptors (Lipinski definition) is 7. The van der Waals surface area contributed by atoms with Crippen LogP contribution in [-0.2, 0) is 21.4 Å². The van der Waals surface area contributed by atoms with Gasteiger partial charge in [-0.05, 0) is 37.6 Å². The Morgan fingerprint density at radius 2 is 2.08 bits per heavy atom. The van der Waals surface area contributed by atoms with Gasteiger partial charge in [0.05, 0.1) is 31.1 Å². The van der Waals surface area contributed by atoms with E-state index in [9.17, 15) is 9.18 Å². The average Bonchev–Trinajstić information content (AvgIpc) is 3.49. The van der Waals surface area contributed by atoms with Gasteiger partial charge in [-0.1, -0.05) is 26.0 Å². The summed E-state index contributed by atoms with van der Waals surface area (Å²) in [6.45, 7) is 14.7. The molecule has 3 atom stereocenters. The normalized spacial score (nSPS) is 25.4. The molecule has 2 saturated heterocycles. The first-order chi connectivity index (χ1) is 19.2. The van der Waals surface area contributed by atoms with Gasteiger partial charge >= 0.3 is 0 Å². The molecule has 1 N–H and O–H groups in total. The summed E-state index contributed by atoms with van der Waals surface area (Å²) < 4.78 is 21.5. The minimum Gasteiger partial charge on any atom is -0.379 e. The molecule has 40 heavy (non-hydrogen) atoms. The molecule has 10 heteroatoms. The highest BCUT2D eigenvalue weighted by Gasteiger charge is 2.42. The fraction of sp³-hybridized carbons (Fsp3) is 0.567. The van der Waals surface area contributed by atoms with Gasteiger partial charge in [-0.3, -0.25) is 14.6 Å². The molecule has 5 heterocycles. The van der Waals surface area contributed by atoms with E-state index in [1.807, 2.05) is 15.5 Å². The van der Waals surface area contributed by atoms with E-state index in [1.54, 1.807) is 18.5 Å². The molecule has 1 aromatic carbocycles. The van der Waals surface area contributed by atoms with Crippen molar-refractivity contribution in [2.45, 2.75) is 57.7 Å². The van der Waals surface area contributed by atoms with Gasteiger partial charge in [0.15, 0.2) is 5.65 Å². The predicted molar refractivity (Wildman–Crippen MR) is 152 cm³/mol. The van der Waals surface area contributed by atoms with Crippen LogP contribution in [-0.4, -0.2) is 101 Å². The number of morpholine rings is 1. The summed E-state index contributed by atoms with van der Waals surface area (Å²) in [4.78, 5) is 25.4. The molecule has 3 aliphatic rings. The lowest BCUT2D eigenvalue weighted by Crippen LogP contribution is -2.62. The van der Waals surface area contributed by atoms with Crippen LogP contribution in [0.3, 0.4) is 0 Å². The molecule has 9 nitrogen and oxygen atoms in total. The maximum atomic E-state index is 14.1. The molecular formula is C30H40FN7O2. The van der Waals surface area contributed by atoms with Crippen molar-refractivity contribution >= 4 is 17.2 Å². The van der Waals surface area contributed by atoms with Crippen molar-refractivity contribution in [2.75, 3.05) is 57.4 Å². The van der Waals surface area contributed by atoms with Crippen LogP contribution in [0.1, 0.15) is 44.5 Å². The lowest BCUT2D eigenvalue weighted by Gasteiger charge is -2.43. The number of ether oxygens (including phenoxy) is 1. The zero-order chi connectivity index (χ0) is 28.0. The van der Waals surface area contributed by atoms with Crippen molar-refractivity contribution < 1.29 is 13.9 Å². The Morgan fingerprint density at radius 1 is 1.23 bits per heavy atom. The summed E-state index contributed by atoms with van der Waals surface area (Å²) >= 11 is 0. The Bertz CT molecular complexity index is 1390. The van der Waals surface area contributed by atoms with Crippen LogP contribution in [0.5, 0.6) is 0 Å². The van der Waals surface area contributed by atoms with Gasteiger partial charge in [0.1, 0.15) is 12.1 Å². The number of rotatable bonds is 6. The van der Waals surface area contributed by atoms with E-state index in [4.69, 9.17) is 4.74 Å². The van der Waals surface area contributed by atoms with Crippen molar-refractivity contribution in [3.05, 3.63) is 59.3 Å². The standard InChI is InChI=1S/C30H40FN7O2/c1-20-14-36(25(13-32-20)15-35-8-9-40-17-21(35)2)16-27(39)37-18-30(3,4)28-26(37)12-23(29-33-19-34-38(28)29)10-22-6-5-7-24(31)11-22/h5-7,11-12,19-21,25,32H,8-10,13-18H2,1-4H3/t20-,21-,25-/m1/s1. The molecule has 2 fully saturated rings. The second-order valence-electron chi connectivity index (χ2n) is 12.4. The number of carbonyl (C=O) groups is 1. The van der Waals surface area contributed by atoms with E-state index in [0.717, 1.165) is 67.5 Å². The van der Waals surface area contributed by atoms with Gasteiger partial charge < -0.3 is 15.0 Å². The van der Waals surface area contributed by atoms with E-state index in [1.165, 1.54) is 6.07 Å². The van der Waals surface area contributed by atoms with Crippen LogP contribution in [0.25, 0.3) is 5.65 Å². The van der Waals surface area contributed by atoms with Crippen LogP contribution in [0.4, 0.5) is 10.1 Å². The molecule has 0 aliphatic carbocycles. The summed E-state index contributed by atoms with van der Waals surface area (Å²) in [5.41, 5.74) is 4.10. The number of amides is 1. The topological polar surface area (TPSA) is 78.2 Å². The largest absolute Gasteiger partial charge is 0.379 e. The molecule has 0 spiro atoms. The summed E-state index contributed by atoms with van der Waals surface area (Å²) in [5, 5.41) is 8.19. The third-order valence-electron chi connectivity index (χ3n) is 8.69. The van der Waals surface area contributed by atoms with Crippen molar-refractivity contribution in [1.82, 2.24) is 29.7 Å². The van der Waals surface area contributed by atoms with E-state index in [2.05, 4.69) is 59.0 Å². The zero-order valence-corrected chi connectivity index (χ0v) is 23.9. The molecular weight excluding hydrogens is 509 g/mol. The molecule has 214 valence electrons. The molecule has 0 saturated carbocycles. The monoisotopic (exact) mass is 549 g/mol. The minimum atomic E-state index is -0.298. The molecule has 6 rings (SSSR count). The second kappa shape index (κ2) is 10.8. The summed E-state index contributed by atoms with van der Waals surface area (Å²) in [6.07, 6.45) is 2.06. The third-order valence-corrected chi connectivity index (χ3v) is 8.69. The van der Waals surface area contributed by atoms with Gasteiger partial charge in [0.2, 0.25) is 5.91 Å². The maximum absolute atomic E-state index is 14.1. The maximum Gasteiger partial charge on any atom is 0.241 e. The quantitative estimate of drug-likeness (QED) is 0.506. The van der Waals surface area contributed by atoms with Crippen molar-refractivity contribution in [2.24, 2.45) is 0 Å². The van der Waals surface area contributed by atoms with Crippen LogP contribution in [0.2, 0.25) is 0 Å². The number of benzene rings is 1. The number of aromatic nitrogens is 3. The Hall–Kier alpha value is -2.92. The van der Waals surface area contributed by atoms with Crippen molar-refractivity contribution in [3.8, 4) is 0 Å². The van der Waals surface area contributed by atoms with Crippen LogP contribution in [0, 0.1) is 5.82 Å². The lowest BCUT2D eigenvalue weighted by molar-refractivity contribution is -0.121. The Morgan fingerprint density at radius 3 is 2.88 bits per heavy atom. The van der Waals surface area contributed by atoms with E-state index >= 15 is 0 Å². The van der Waals surface area contributed by atoms with E-state index in [-0.39, 0.29) is 23.2 Å². The molecule has 3 aliphatic heterocycles. The van der Waals surface area contributed by atoms with Gasteiger partial charge in [-0.25, -0.2) is 13.9 Å². The Balaban J connectivity index is 1.28. The number of halogens is 1. The molecule has 0 bridgehead atoms. The summed E-state index contributed by atoms with van der Waals surface area (Å²) in [5.74, 6) is -0.169. The van der Waals surface area contributed by atoms with Crippen LogP contribution in [0.15, 0.2) is 36.7 Å². The van der Waals surface area contributed by atoms with Crippen LogP contribution < -0.4 is 10.2 Å². The molecule has 2 aromatic heterocycles. The molecule has 1 amide bonds. The minimum absolute atomic E-state index is 0.0946. The number of hydrogen-bond donors (Lipinski definition) is 1. The fourth-order valence-corrected chi connectivity index (χ4v) is 6.61. The Labute approximate surface area is 235 Å². The van der Waals surface area contributed by atoms with Gasteiger partial charge in [0, 0.05) is 68.2 Å². The highest BCUT2D eigenvalue weighted by molar-refractivity contribution is 5.97. The van der Waals surface area contributed by atoms with E-state index < -0.39 is 0 Å². The summed E-state index contributed by atoms with van der Waals surface area (Å²) in [6, 6.07) is 9.65. The first-order valence-electron chi connectivity index (χ1n) is 14.4. The number of anilines is 1. The van der Waals surface area contributed by atoms with Gasteiger partial charge in [0.25, 0.3) is 0 Å². The van der Waals surface area contributed by atoms with E-state index in [0.29, 0.717) is 31.6 Å². The Kier molecular flexibility index (Phi) is 7.37. The van der Waals surface area contributed by atoms with Gasteiger partial charge in [-0.2, -0.15) is 5.10 Å². The number of nitrogens with zero attached hydrogens (tertiary/aromatic N) is 6. The third kappa shape index (κ3) is 5.25. The molecule has 3 aromatic rings. The van der Waals surface area contributed by atoms with Gasteiger partial charge in [-0.15, -0.1) is 0 Å². The second-order valence-corrected chi connectivity index (χ2v) is 12.4. The molecule has 0 unspecified atom stereocenters. The highest BCUT2D eigenvalue weighted by Crippen LogP contribution is 2.42. The molecule has 0 radical (unpaired) electrons. The smallest absolute Gasteiger partial charge is 0.241 e. The fourth-order valence-electron chi connectivity index (χ4n) is 6.61. The number of fused-ring (bicyclic) bond motifs is 3. The number of nitrogens with one attached hydrogen (secondary N) is 1. The summed E-state index contributed by atoms with van der Waals surface area (Å²) in [7, 11) is 0. The SMILES string of the molecule is C[C@@H]1CN(CC(=O)N2CC(C)(C)c3c2cc(Cc2cccc(F)c2)c2ncnn32)[C@@H](CN2CCOC[C@H]2C)CN1. The zero-order valence-electron chi connectivity index (χ0n) is 23.9. The first-order valence-corrected chi connectivity index (χ1v) is 14.4. The number of pyridine rings is 1. The number of carbonyl (C=O) groups excluding carboxylic acids is 1. The average molecular weight is 550 g/mol. The van der Waals surface area contributed by atoms with Crippen molar-refractivity contribution in [3.63, 3.8) is 0 Å². The highest BCUT2D eigenvalue weighted by atomic mass is 19.1. The lowest BCUT2D eigenvalue weighted by atomic mass is 9.90. The van der Waals surface area contributed by atoms with Crippen LogP contribution >= 0.6 is 0 Å². The first kappa shape index (κ1) is 27.3. The number of piperazine rings is 1.